The van der Waals surface area contributed by atoms with Gasteiger partial charge in [-0.1, -0.05) is 6.07 Å². The molecule has 0 aliphatic heterocycles. The van der Waals surface area contributed by atoms with E-state index in [-0.39, 0.29) is 0 Å². The molecule has 0 bridgehead atoms. The highest BCUT2D eigenvalue weighted by Crippen LogP contribution is 2.26. The number of methoxy groups -OCH3 is 1. The molecular formula is C15H25NO2. The van der Waals surface area contributed by atoms with Crippen molar-refractivity contribution in [3.8, 4) is 0 Å². The average Bonchev–Trinajstić information content (AvgIpc) is 2.32. The van der Waals surface area contributed by atoms with Crippen molar-refractivity contribution in [1.82, 2.24) is 5.32 Å². The fourth-order valence-electron chi connectivity index (χ4n) is 2.26. The fourth-order valence-corrected chi connectivity index (χ4v) is 2.26. The minimum absolute atomic E-state index is 0.458. The van der Waals surface area contributed by atoms with Crippen LogP contribution in [0.25, 0.3) is 0 Å². The number of aliphatic hydroxyl groups is 1. The second-order valence-electron chi connectivity index (χ2n) is 4.89. The minimum atomic E-state index is -0.458. The van der Waals surface area contributed by atoms with Crippen LogP contribution in [0.3, 0.4) is 0 Å². The van der Waals surface area contributed by atoms with E-state index >= 15 is 0 Å². The van der Waals surface area contributed by atoms with E-state index in [1.54, 1.807) is 7.11 Å². The molecule has 1 rings (SSSR count). The predicted octanol–water partition coefficient (Wildman–Crippen LogP) is 2.19. The molecule has 0 fully saturated rings. The van der Waals surface area contributed by atoms with Gasteiger partial charge in [0, 0.05) is 20.2 Å². The van der Waals surface area contributed by atoms with Crippen molar-refractivity contribution in [2.45, 2.75) is 33.8 Å². The summed E-state index contributed by atoms with van der Waals surface area (Å²) >= 11 is 0. The van der Waals surface area contributed by atoms with Crippen LogP contribution in [0.4, 0.5) is 0 Å². The van der Waals surface area contributed by atoms with Crippen molar-refractivity contribution < 1.29 is 9.84 Å². The van der Waals surface area contributed by atoms with Crippen LogP contribution in [0, 0.1) is 27.7 Å². The Morgan fingerprint density at radius 1 is 1.17 bits per heavy atom. The van der Waals surface area contributed by atoms with Crippen LogP contribution in [0.2, 0.25) is 0 Å². The Morgan fingerprint density at radius 3 is 2.22 bits per heavy atom. The van der Waals surface area contributed by atoms with Gasteiger partial charge in [-0.05, 0) is 55.5 Å². The Hall–Kier alpha value is -0.900. The first kappa shape index (κ1) is 15.2. The Morgan fingerprint density at radius 2 is 1.72 bits per heavy atom. The summed E-state index contributed by atoms with van der Waals surface area (Å²) in [7, 11) is 1.68. The standard InChI is InChI=1S/C15H25NO2/c1-10-8-11(2)13(4)15(12(10)3)14(17)9-16-6-7-18-5/h8,14,16-17H,6-7,9H2,1-5H3. The van der Waals surface area contributed by atoms with E-state index in [1.807, 2.05) is 0 Å². The van der Waals surface area contributed by atoms with Gasteiger partial charge in [-0.15, -0.1) is 0 Å². The number of benzene rings is 1. The molecule has 0 radical (unpaired) electrons. The summed E-state index contributed by atoms with van der Waals surface area (Å²) in [6.45, 7) is 10.3. The van der Waals surface area contributed by atoms with E-state index < -0.39 is 6.10 Å². The fraction of sp³-hybridized carbons (Fsp3) is 0.600. The number of aryl methyl sites for hydroxylation is 2. The van der Waals surface area contributed by atoms with Crippen LogP contribution in [0.1, 0.15) is 33.9 Å². The van der Waals surface area contributed by atoms with Gasteiger partial charge in [0.25, 0.3) is 0 Å². The molecule has 1 aromatic carbocycles. The van der Waals surface area contributed by atoms with Crippen molar-refractivity contribution in [2.24, 2.45) is 0 Å². The maximum Gasteiger partial charge on any atom is 0.0919 e. The van der Waals surface area contributed by atoms with Crippen LogP contribution in [0.15, 0.2) is 6.07 Å². The molecule has 0 amide bonds. The Bertz CT molecular complexity index is 376. The molecule has 0 spiro atoms. The molecule has 0 aliphatic carbocycles. The van der Waals surface area contributed by atoms with E-state index in [2.05, 4.69) is 39.1 Å². The smallest absolute Gasteiger partial charge is 0.0919 e. The van der Waals surface area contributed by atoms with Gasteiger partial charge in [0.1, 0.15) is 0 Å². The van der Waals surface area contributed by atoms with E-state index in [1.165, 1.54) is 22.3 Å². The van der Waals surface area contributed by atoms with Gasteiger partial charge in [0.2, 0.25) is 0 Å². The molecule has 0 saturated carbocycles. The molecule has 2 N–H and O–H groups in total. The Balaban J connectivity index is 2.81. The maximum atomic E-state index is 10.3. The molecule has 0 aliphatic rings. The summed E-state index contributed by atoms with van der Waals surface area (Å²) < 4.78 is 4.97. The third kappa shape index (κ3) is 3.55. The molecule has 1 atom stereocenters. The summed E-state index contributed by atoms with van der Waals surface area (Å²) in [6, 6.07) is 2.18. The molecule has 3 nitrogen and oxygen atoms in total. The largest absolute Gasteiger partial charge is 0.387 e. The number of hydrogen-bond acceptors (Lipinski definition) is 3. The highest BCUT2D eigenvalue weighted by atomic mass is 16.5. The van der Waals surface area contributed by atoms with E-state index in [0.29, 0.717) is 13.2 Å². The van der Waals surface area contributed by atoms with Gasteiger partial charge in [-0.2, -0.15) is 0 Å². The van der Waals surface area contributed by atoms with Gasteiger partial charge in [0.15, 0.2) is 0 Å². The zero-order chi connectivity index (χ0) is 13.7. The SMILES string of the molecule is COCCNCC(O)c1c(C)c(C)cc(C)c1C. The monoisotopic (exact) mass is 251 g/mol. The third-order valence-electron chi connectivity index (χ3n) is 3.58. The van der Waals surface area contributed by atoms with Gasteiger partial charge in [-0.25, -0.2) is 0 Å². The highest BCUT2D eigenvalue weighted by molar-refractivity contribution is 5.45. The number of nitrogens with one attached hydrogen (secondary N) is 1. The second kappa shape index (κ2) is 6.88. The van der Waals surface area contributed by atoms with Crippen molar-refractivity contribution in [3.63, 3.8) is 0 Å². The first-order valence-electron chi connectivity index (χ1n) is 6.44. The summed E-state index contributed by atoms with van der Waals surface area (Å²) in [4.78, 5) is 0. The maximum absolute atomic E-state index is 10.3. The zero-order valence-electron chi connectivity index (χ0n) is 12.1. The molecule has 1 unspecified atom stereocenters. The summed E-state index contributed by atoms with van der Waals surface area (Å²) in [5.41, 5.74) is 5.93. The lowest BCUT2D eigenvalue weighted by molar-refractivity contribution is 0.160. The minimum Gasteiger partial charge on any atom is -0.387 e. The van der Waals surface area contributed by atoms with Crippen LogP contribution < -0.4 is 5.32 Å². The van der Waals surface area contributed by atoms with Crippen molar-refractivity contribution in [1.29, 1.82) is 0 Å². The van der Waals surface area contributed by atoms with Gasteiger partial charge in [0.05, 0.1) is 12.7 Å². The van der Waals surface area contributed by atoms with Crippen LogP contribution in [-0.4, -0.2) is 31.9 Å². The van der Waals surface area contributed by atoms with Gasteiger partial charge in [-0.3, -0.25) is 0 Å². The Labute approximate surface area is 110 Å². The van der Waals surface area contributed by atoms with Gasteiger partial charge < -0.3 is 15.2 Å². The lowest BCUT2D eigenvalue weighted by atomic mass is 9.91. The first-order valence-corrected chi connectivity index (χ1v) is 6.44. The number of hydrogen-bond donors (Lipinski definition) is 2. The lowest BCUT2D eigenvalue weighted by Crippen LogP contribution is -2.26. The third-order valence-corrected chi connectivity index (χ3v) is 3.58. The second-order valence-corrected chi connectivity index (χ2v) is 4.89. The molecule has 0 aromatic heterocycles. The Kier molecular flexibility index (Phi) is 5.79. The molecule has 0 saturated heterocycles. The molecule has 102 valence electrons. The molecule has 3 heteroatoms. The topological polar surface area (TPSA) is 41.5 Å². The quantitative estimate of drug-likeness (QED) is 0.762. The highest BCUT2D eigenvalue weighted by Gasteiger charge is 2.15. The van der Waals surface area contributed by atoms with Crippen molar-refractivity contribution >= 4 is 0 Å². The number of rotatable bonds is 6. The number of ether oxygens (including phenoxy) is 1. The molecule has 0 heterocycles. The molecular weight excluding hydrogens is 226 g/mol. The van der Waals surface area contributed by atoms with Gasteiger partial charge >= 0.3 is 0 Å². The van der Waals surface area contributed by atoms with Crippen LogP contribution in [-0.2, 0) is 4.74 Å². The average molecular weight is 251 g/mol. The summed E-state index contributed by atoms with van der Waals surface area (Å²) in [5.74, 6) is 0. The lowest BCUT2D eigenvalue weighted by Gasteiger charge is -2.20. The molecule has 1 aromatic rings. The van der Waals surface area contributed by atoms with Crippen molar-refractivity contribution in [2.75, 3.05) is 26.8 Å². The van der Waals surface area contributed by atoms with Crippen LogP contribution >= 0.6 is 0 Å². The predicted molar refractivity (Wildman–Crippen MR) is 75.1 cm³/mol. The normalized spacial score (nSPS) is 12.8. The zero-order valence-corrected chi connectivity index (χ0v) is 12.1. The van der Waals surface area contributed by atoms with Crippen molar-refractivity contribution in [3.05, 3.63) is 33.9 Å². The first-order chi connectivity index (χ1) is 8.49. The molecule has 18 heavy (non-hydrogen) atoms. The van der Waals surface area contributed by atoms with E-state index in [9.17, 15) is 5.11 Å². The van der Waals surface area contributed by atoms with Crippen LogP contribution in [0.5, 0.6) is 0 Å². The van der Waals surface area contributed by atoms with E-state index in [4.69, 9.17) is 4.74 Å². The summed E-state index contributed by atoms with van der Waals surface area (Å²) in [6.07, 6.45) is -0.458. The number of aliphatic hydroxyl groups excluding tert-OH is 1. The summed E-state index contributed by atoms with van der Waals surface area (Å²) in [5, 5.41) is 13.5. The van der Waals surface area contributed by atoms with E-state index in [0.717, 1.165) is 12.1 Å².